The van der Waals surface area contributed by atoms with E-state index in [4.69, 9.17) is 9.47 Å². The molecule has 3 heteroatoms. The number of carbonyl (C=O) groups is 1. The van der Waals surface area contributed by atoms with E-state index < -0.39 is 6.16 Å². The molecule has 0 heterocycles. The van der Waals surface area contributed by atoms with Crippen molar-refractivity contribution in [2.45, 2.75) is 118 Å². The lowest BCUT2D eigenvalue weighted by molar-refractivity contribution is 0.0464. The van der Waals surface area contributed by atoms with E-state index in [2.05, 4.69) is 27.7 Å². The first-order chi connectivity index (χ1) is 12.7. The summed E-state index contributed by atoms with van der Waals surface area (Å²) in [5.74, 6) is 1.38. The van der Waals surface area contributed by atoms with Crippen LogP contribution in [-0.4, -0.2) is 19.4 Å². The minimum atomic E-state index is -0.473. The maximum absolute atomic E-state index is 11.8. The quantitative estimate of drug-likeness (QED) is 0.230. The zero-order valence-corrected chi connectivity index (χ0v) is 18.2. The topological polar surface area (TPSA) is 35.5 Å². The summed E-state index contributed by atoms with van der Waals surface area (Å²) in [5.41, 5.74) is 0. The van der Waals surface area contributed by atoms with Crippen molar-refractivity contribution in [3.63, 3.8) is 0 Å². The Morgan fingerprint density at radius 2 is 0.885 bits per heavy atom. The van der Waals surface area contributed by atoms with E-state index in [-0.39, 0.29) is 0 Å². The summed E-state index contributed by atoms with van der Waals surface area (Å²) in [5, 5.41) is 0. The second-order valence-electron chi connectivity index (χ2n) is 7.83. The fourth-order valence-corrected chi connectivity index (χ4v) is 3.50. The Hall–Kier alpha value is -0.730. The number of carbonyl (C=O) groups excluding carboxylic acids is 1. The molecule has 0 radical (unpaired) electrons. The van der Waals surface area contributed by atoms with Crippen molar-refractivity contribution in [1.29, 1.82) is 0 Å². The smallest absolute Gasteiger partial charge is 0.434 e. The van der Waals surface area contributed by atoms with Crippen LogP contribution in [0.25, 0.3) is 0 Å². The molecule has 0 N–H and O–H groups in total. The van der Waals surface area contributed by atoms with Crippen LogP contribution in [0.4, 0.5) is 4.79 Å². The summed E-state index contributed by atoms with van der Waals surface area (Å²) >= 11 is 0. The van der Waals surface area contributed by atoms with Crippen LogP contribution < -0.4 is 0 Å². The molecule has 0 rings (SSSR count). The van der Waals surface area contributed by atoms with E-state index in [1.54, 1.807) is 0 Å². The average molecular weight is 371 g/mol. The Labute approximate surface area is 163 Å². The van der Waals surface area contributed by atoms with Gasteiger partial charge >= 0.3 is 6.16 Å². The molecule has 0 bridgehead atoms. The summed E-state index contributed by atoms with van der Waals surface area (Å²) in [6.45, 7) is 9.95. The first-order valence-corrected chi connectivity index (χ1v) is 11.5. The number of rotatable bonds is 18. The van der Waals surface area contributed by atoms with Gasteiger partial charge in [0.05, 0.1) is 13.2 Å². The Morgan fingerprint density at radius 3 is 1.15 bits per heavy atom. The van der Waals surface area contributed by atoms with Gasteiger partial charge in [-0.15, -0.1) is 0 Å². The molecule has 0 saturated carbocycles. The first-order valence-electron chi connectivity index (χ1n) is 11.5. The maximum atomic E-state index is 11.8. The second-order valence-corrected chi connectivity index (χ2v) is 7.83. The lowest BCUT2D eigenvalue weighted by Gasteiger charge is -2.17. The zero-order chi connectivity index (χ0) is 19.5. The van der Waals surface area contributed by atoms with Crippen LogP contribution in [0, 0.1) is 11.8 Å². The molecule has 3 nitrogen and oxygen atoms in total. The van der Waals surface area contributed by atoms with Crippen LogP contribution >= 0.6 is 0 Å². The predicted molar refractivity (Wildman–Crippen MR) is 112 cm³/mol. The zero-order valence-electron chi connectivity index (χ0n) is 18.2. The van der Waals surface area contributed by atoms with Crippen LogP contribution in [0.2, 0.25) is 0 Å². The van der Waals surface area contributed by atoms with Gasteiger partial charge < -0.3 is 9.47 Å². The summed E-state index contributed by atoms with van der Waals surface area (Å²) in [6.07, 6.45) is 16.6. The van der Waals surface area contributed by atoms with Gasteiger partial charge in [-0.3, -0.25) is 0 Å². The number of ether oxygens (including phenoxy) is 2. The minimum absolute atomic E-state index is 0.473. The van der Waals surface area contributed by atoms with Crippen LogP contribution in [0.3, 0.4) is 0 Å². The molecule has 0 fully saturated rings. The highest BCUT2D eigenvalue weighted by Gasteiger charge is 2.12. The molecule has 0 saturated heterocycles. The summed E-state index contributed by atoms with van der Waals surface area (Å²) in [7, 11) is 0. The van der Waals surface area contributed by atoms with Crippen molar-refractivity contribution >= 4 is 6.16 Å². The highest BCUT2D eigenvalue weighted by Crippen LogP contribution is 2.21. The van der Waals surface area contributed by atoms with Gasteiger partial charge in [-0.05, 0) is 24.7 Å². The van der Waals surface area contributed by atoms with Gasteiger partial charge in [-0.1, -0.05) is 105 Å². The SMILES string of the molecule is CCCCC(CCCC)CCOC(=O)OCCC(CCCC)CCCC. The fourth-order valence-electron chi connectivity index (χ4n) is 3.50. The van der Waals surface area contributed by atoms with Crippen molar-refractivity contribution < 1.29 is 14.3 Å². The lowest BCUT2D eigenvalue weighted by atomic mass is 9.93. The summed E-state index contributed by atoms with van der Waals surface area (Å²) in [6, 6.07) is 0. The van der Waals surface area contributed by atoms with Gasteiger partial charge in [0.1, 0.15) is 0 Å². The minimum Gasteiger partial charge on any atom is -0.434 e. The molecular weight excluding hydrogens is 324 g/mol. The average Bonchev–Trinajstić information content (AvgIpc) is 2.65. The van der Waals surface area contributed by atoms with Crippen LogP contribution in [0.5, 0.6) is 0 Å². The third-order valence-corrected chi connectivity index (χ3v) is 5.36. The highest BCUT2D eigenvalue weighted by molar-refractivity contribution is 5.59. The van der Waals surface area contributed by atoms with Gasteiger partial charge in [0.15, 0.2) is 0 Å². The predicted octanol–water partition coefficient (Wildman–Crippen LogP) is 7.91. The fraction of sp³-hybridized carbons (Fsp3) is 0.957. The Morgan fingerprint density at radius 1 is 0.577 bits per heavy atom. The molecule has 0 spiro atoms. The van der Waals surface area contributed by atoms with Gasteiger partial charge in [0.25, 0.3) is 0 Å². The molecule has 0 aromatic heterocycles. The third kappa shape index (κ3) is 15.5. The number of hydrogen-bond donors (Lipinski definition) is 0. The molecule has 0 amide bonds. The molecule has 156 valence electrons. The lowest BCUT2D eigenvalue weighted by Crippen LogP contribution is -2.14. The van der Waals surface area contributed by atoms with E-state index in [1.165, 1.54) is 77.0 Å². The number of unbranched alkanes of at least 4 members (excludes halogenated alkanes) is 4. The molecule has 0 atom stereocenters. The molecular formula is C23H46O3. The molecule has 0 aromatic carbocycles. The molecule has 0 aromatic rings. The monoisotopic (exact) mass is 370 g/mol. The van der Waals surface area contributed by atoms with Gasteiger partial charge in [-0.2, -0.15) is 0 Å². The summed E-state index contributed by atoms with van der Waals surface area (Å²) < 4.78 is 10.6. The third-order valence-electron chi connectivity index (χ3n) is 5.36. The highest BCUT2D eigenvalue weighted by atomic mass is 16.7. The van der Waals surface area contributed by atoms with E-state index in [1.807, 2.05) is 0 Å². The van der Waals surface area contributed by atoms with Crippen molar-refractivity contribution in [2.24, 2.45) is 11.8 Å². The normalized spacial score (nSPS) is 11.3. The van der Waals surface area contributed by atoms with Crippen molar-refractivity contribution in [1.82, 2.24) is 0 Å². The van der Waals surface area contributed by atoms with Crippen LogP contribution in [0.1, 0.15) is 118 Å². The Balaban J connectivity index is 3.92. The first kappa shape index (κ1) is 25.3. The van der Waals surface area contributed by atoms with E-state index in [9.17, 15) is 4.79 Å². The van der Waals surface area contributed by atoms with E-state index >= 15 is 0 Å². The van der Waals surface area contributed by atoms with E-state index in [0.29, 0.717) is 25.0 Å². The van der Waals surface area contributed by atoms with E-state index in [0.717, 1.165) is 12.8 Å². The largest absolute Gasteiger partial charge is 0.508 e. The van der Waals surface area contributed by atoms with Gasteiger partial charge in [-0.25, -0.2) is 4.79 Å². The molecule has 0 aliphatic carbocycles. The number of hydrogen-bond acceptors (Lipinski definition) is 3. The Kier molecular flexibility index (Phi) is 18.5. The van der Waals surface area contributed by atoms with Crippen LogP contribution in [-0.2, 0) is 9.47 Å². The van der Waals surface area contributed by atoms with Gasteiger partial charge in [0.2, 0.25) is 0 Å². The molecule has 0 aliphatic heterocycles. The molecule has 0 unspecified atom stereocenters. The van der Waals surface area contributed by atoms with Crippen molar-refractivity contribution in [3.05, 3.63) is 0 Å². The standard InChI is InChI=1S/C23H46O3/c1-5-9-13-21(14-10-6-2)17-19-25-23(24)26-20-18-22(15-11-7-3)16-12-8-4/h21-22H,5-20H2,1-4H3. The second kappa shape index (κ2) is 19.0. The molecule has 26 heavy (non-hydrogen) atoms. The maximum Gasteiger partial charge on any atom is 0.508 e. The van der Waals surface area contributed by atoms with Crippen molar-refractivity contribution in [2.75, 3.05) is 13.2 Å². The van der Waals surface area contributed by atoms with Gasteiger partial charge in [0, 0.05) is 0 Å². The van der Waals surface area contributed by atoms with Crippen LogP contribution in [0.15, 0.2) is 0 Å². The molecule has 0 aliphatic rings. The summed E-state index contributed by atoms with van der Waals surface area (Å²) in [4.78, 5) is 11.8. The Bertz CT molecular complexity index is 260. The van der Waals surface area contributed by atoms with Crippen molar-refractivity contribution in [3.8, 4) is 0 Å².